The Hall–Kier alpha value is -7.69. The van der Waals surface area contributed by atoms with Gasteiger partial charge in [0.25, 0.3) is 0 Å². The number of pyridine rings is 1. The van der Waals surface area contributed by atoms with Gasteiger partial charge in [0, 0.05) is 46.2 Å². The van der Waals surface area contributed by atoms with E-state index in [4.69, 9.17) is 9.97 Å². The fourth-order valence-electron chi connectivity index (χ4n) is 8.56. The summed E-state index contributed by atoms with van der Waals surface area (Å²) in [6.45, 7) is 0. The van der Waals surface area contributed by atoms with Crippen LogP contribution in [0.4, 0.5) is 0 Å². The highest BCUT2D eigenvalue weighted by atomic mass is 15.0. The lowest BCUT2D eigenvalue weighted by molar-refractivity contribution is 1.17. The van der Waals surface area contributed by atoms with Crippen LogP contribution in [0.2, 0.25) is 0 Å². The Morgan fingerprint density at radius 3 is 1.61 bits per heavy atom. The summed E-state index contributed by atoms with van der Waals surface area (Å²) in [4.78, 5) is 14.5. The first kappa shape index (κ1) is 32.7. The third-order valence-corrected chi connectivity index (χ3v) is 11.2. The second-order valence-corrected chi connectivity index (χ2v) is 14.4. The summed E-state index contributed by atoms with van der Waals surface area (Å²) >= 11 is 0. The van der Waals surface area contributed by atoms with Crippen LogP contribution in [0.15, 0.2) is 207 Å². The zero-order chi connectivity index (χ0) is 37.7. The molecule has 0 fully saturated rings. The van der Waals surface area contributed by atoms with E-state index in [1.165, 1.54) is 49.4 Å². The summed E-state index contributed by atoms with van der Waals surface area (Å²) in [5.41, 5.74) is 13.4. The van der Waals surface area contributed by atoms with Crippen molar-refractivity contribution in [2.45, 2.75) is 0 Å². The molecular formula is C53H34N4. The van der Waals surface area contributed by atoms with Crippen molar-refractivity contribution in [2.24, 2.45) is 0 Å². The lowest BCUT2D eigenvalue weighted by Gasteiger charge is -2.18. The Morgan fingerprint density at radius 2 is 0.912 bits per heavy atom. The van der Waals surface area contributed by atoms with Crippen molar-refractivity contribution in [3.63, 3.8) is 0 Å². The van der Waals surface area contributed by atoms with Gasteiger partial charge in [0.15, 0.2) is 5.82 Å². The van der Waals surface area contributed by atoms with E-state index >= 15 is 0 Å². The molecule has 0 unspecified atom stereocenters. The highest BCUT2D eigenvalue weighted by Gasteiger charge is 2.18. The molecule has 0 aliphatic heterocycles. The minimum Gasteiger partial charge on any atom is -0.309 e. The summed E-state index contributed by atoms with van der Waals surface area (Å²) in [6, 6.07) is 66.9. The standard InChI is InChI=1S/C53H34N4/c1-3-12-35(13-4-1)36-22-25-41(26-23-36)57-49-27-24-38(33-46(49)47-34-54-30-29-50(47)57)48-28-31-55-53(56-48)40-17-11-16-39(32-40)52-44-20-9-7-18-42(44)51(37-14-5-2-6-15-37)43-19-8-10-21-45(43)52/h1-34H. The van der Waals surface area contributed by atoms with Gasteiger partial charge in [0.2, 0.25) is 0 Å². The number of rotatable bonds is 6. The second kappa shape index (κ2) is 13.6. The summed E-state index contributed by atoms with van der Waals surface area (Å²) in [6.07, 6.45) is 5.70. The topological polar surface area (TPSA) is 43.6 Å². The highest BCUT2D eigenvalue weighted by Crippen LogP contribution is 2.44. The van der Waals surface area contributed by atoms with Crippen LogP contribution in [0, 0.1) is 0 Å². The fraction of sp³-hybridized carbons (Fsp3) is 0. The van der Waals surface area contributed by atoms with E-state index in [2.05, 4.69) is 185 Å². The summed E-state index contributed by atoms with van der Waals surface area (Å²) in [5.74, 6) is 0.687. The van der Waals surface area contributed by atoms with Crippen molar-refractivity contribution in [1.29, 1.82) is 0 Å². The van der Waals surface area contributed by atoms with Crippen molar-refractivity contribution in [2.75, 3.05) is 0 Å². The molecule has 0 saturated carbocycles. The highest BCUT2D eigenvalue weighted by molar-refractivity contribution is 6.21. The Balaban J connectivity index is 1.00. The maximum atomic E-state index is 5.18. The number of hydrogen-bond donors (Lipinski definition) is 0. The van der Waals surface area contributed by atoms with Crippen molar-refractivity contribution in [3.8, 4) is 61.7 Å². The molecule has 4 heteroatoms. The quantitative estimate of drug-likeness (QED) is 0.160. The molecule has 0 saturated heterocycles. The van der Waals surface area contributed by atoms with Gasteiger partial charge in [-0.05, 0) is 97.4 Å². The van der Waals surface area contributed by atoms with Gasteiger partial charge < -0.3 is 4.57 Å². The SMILES string of the molecule is c1ccc(-c2ccc(-n3c4ccncc4c4cc(-c5ccnc(-c6cccc(-c7c8ccccc8c(-c8ccccc8)c8ccccc78)c6)n5)ccc43)cc2)cc1. The average molecular weight is 727 g/mol. The van der Waals surface area contributed by atoms with E-state index in [1.807, 2.05) is 30.7 Å². The lowest BCUT2D eigenvalue weighted by atomic mass is 9.86. The van der Waals surface area contributed by atoms with Crippen LogP contribution in [0.3, 0.4) is 0 Å². The maximum Gasteiger partial charge on any atom is 0.159 e. The number of benzene rings is 8. The summed E-state index contributed by atoms with van der Waals surface area (Å²) < 4.78 is 2.32. The monoisotopic (exact) mass is 726 g/mol. The molecule has 11 rings (SSSR count). The molecule has 0 spiro atoms. The van der Waals surface area contributed by atoms with Crippen LogP contribution in [0.25, 0.3) is 105 Å². The van der Waals surface area contributed by atoms with Crippen molar-refractivity contribution >= 4 is 43.4 Å². The molecule has 0 radical (unpaired) electrons. The molecule has 0 amide bonds. The molecule has 0 aliphatic carbocycles. The van der Waals surface area contributed by atoms with E-state index in [-0.39, 0.29) is 0 Å². The first-order valence-electron chi connectivity index (χ1n) is 19.3. The Labute approximate surface area is 330 Å². The average Bonchev–Trinajstić information content (AvgIpc) is 3.62. The van der Waals surface area contributed by atoms with Gasteiger partial charge in [-0.25, -0.2) is 9.97 Å². The Bertz CT molecular complexity index is 3220. The molecule has 4 nitrogen and oxygen atoms in total. The van der Waals surface area contributed by atoms with Gasteiger partial charge in [0.1, 0.15) is 0 Å². The third-order valence-electron chi connectivity index (χ3n) is 11.2. The molecule has 0 aliphatic rings. The van der Waals surface area contributed by atoms with Gasteiger partial charge in [-0.1, -0.05) is 146 Å². The van der Waals surface area contributed by atoms with E-state index in [1.54, 1.807) is 0 Å². The molecule has 0 bridgehead atoms. The van der Waals surface area contributed by atoms with Gasteiger partial charge in [-0.2, -0.15) is 0 Å². The Morgan fingerprint density at radius 1 is 0.351 bits per heavy atom. The van der Waals surface area contributed by atoms with E-state index in [9.17, 15) is 0 Å². The minimum absolute atomic E-state index is 0.687. The van der Waals surface area contributed by atoms with Crippen LogP contribution in [0.1, 0.15) is 0 Å². The van der Waals surface area contributed by atoms with Crippen LogP contribution in [0.5, 0.6) is 0 Å². The maximum absolute atomic E-state index is 5.18. The van der Waals surface area contributed by atoms with Gasteiger partial charge >= 0.3 is 0 Å². The van der Waals surface area contributed by atoms with Gasteiger partial charge in [-0.15, -0.1) is 0 Å². The van der Waals surface area contributed by atoms with E-state index in [0.29, 0.717) is 5.82 Å². The molecule has 0 atom stereocenters. The van der Waals surface area contributed by atoms with E-state index < -0.39 is 0 Å². The molecule has 11 aromatic rings. The first-order chi connectivity index (χ1) is 28.3. The van der Waals surface area contributed by atoms with E-state index in [0.717, 1.165) is 49.9 Å². The van der Waals surface area contributed by atoms with Gasteiger partial charge in [0.05, 0.1) is 16.7 Å². The minimum atomic E-state index is 0.687. The fourth-order valence-corrected chi connectivity index (χ4v) is 8.56. The number of nitrogens with zero attached hydrogens (tertiary/aromatic N) is 4. The first-order valence-corrected chi connectivity index (χ1v) is 19.3. The molecular weight excluding hydrogens is 693 g/mol. The summed E-state index contributed by atoms with van der Waals surface area (Å²) in [7, 11) is 0. The lowest BCUT2D eigenvalue weighted by Crippen LogP contribution is -1.95. The molecule has 8 aromatic carbocycles. The number of aromatic nitrogens is 4. The molecule has 0 N–H and O–H groups in total. The van der Waals surface area contributed by atoms with Crippen LogP contribution < -0.4 is 0 Å². The smallest absolute Gasteiger partial charge is 0.159 e. The normalized spacial score (nSPS) is 11.5. The largest absolute Gasteiger partial charge is 0.309 e. The predicted molar refractivity (Wildman–Crippen MR) is 236 cm³/mol. The molecule has 3 heterocycles. The number of hydrogen-bond acceptors (Lipinski definition) is 3. The third kappa shape index (κ3) is 5.58. The van der Waals surface area contributed by atoms with Crippen molar-refractivity contribution in [3.05, 3.63) is 207 Å². The summed E-state index contributed by atoms with van der Waals surface area (Å²) in [5, 5.41) is 7.13. The van der Waals surface area contributed by atoms with Crippen LogP contribution in [-0.2, 0) is 0 Å². The van der Waals surface area contributed by atoms with Crippen molar-refractivity contribution < 1.29 is 0 Å². The van der Waals surface area contributed by atoms with Crippen LogP contribution in [-0.4, -0.2) is 19.5 Å². The zero-order valence-electron chi connectivity index (χ0n) is 30.9. The second-order valence-electron chi connectivity index (χ2n) is 14.4. The Kier molecular flexibility index (Phi) is 7.78. The molecule has 266 valence electrons. The molecule has 3 aromatic heterocycles. The van der Waals surface area contributed by atoms with Crippen LogP contribution >= 0.6 is 0 Å². The molecule has 57 heavy (non-hydrogen) atoms. The predicted octanol–water partition coefficient (Wildman–Crippen LogP) is 13.6. The zero-order valence-corrected chi connectivity index (χ0v) is 30.9. The van der Waals surface area contributed by atoms with Crippen molar-refractivity contribution in [1.82, 2.24) is 19.5 Å². The van der Waals surface area contributed by atoms with Gasteiger partial charge in [-0.3, -0.25) is 4.98 Å². The number of fused-ring (bicyclic) bond motifs is 5.